The molecule has 6 heteroatoms. The van der Waals surface area contributed by atoms with E-state index in [1.165, 1.54) is 6.08 Å². The first kappa shape index (κ1) is 24.2. The summed E-state index contributed by atoms with van der Waals surface area (Å²) in [5.41, 5.74) is 1.97. The standard InChI is InChI=1S/C25H32N2O4/c1-4-18-30-23-14-7-20(8-15-23)9-16-24(28)26-22-12-10-21(11-13-22)25(29)31-19-17-27(5-2)6-3/h7-16H,4-6,17-19H2,1-3H3,(H,26,28)/b16-9+. The Bertz CT molecular complexity index is 841. The zero-order chi connectivity index (χ0) is 22.5. The summed E-state index contributed by atoms with van der Waals surface area (Å²) >= 11 is 0. The Hall–Kier alpha value is -3.12. The molecule has 0 saturated heterocycles. The number of ether oxygens (including phenoxy) is 2. The molecule has 0 aliphatic heterocycles. The Morgan fingerprint density at radius 1 is 0.935 bits per heavy atom. The largest absolute Gasteiger partial charge is 0.494 e. The topological polar surface area (TPSA) is 67.9 Å². The Balaban J connectivity index is 1.81. The SMILES string of the molecule is CCCOc1ccc(/C=C/C(=O)Nc2ccc(C(=O)OCCN(CC)CC)cc2)cc1. The highest BCUT2D eigenvalue weighted by atomic mass is 16.5. The van der Waals surface area contributed by atoms with Crippen molar-refractivity contribution in [1.29, 1.82) is 0 Å². The second-order valence-electron chi connectivity index (χ2n) is 6.98. The highest BCUT2D eigenvalue weighted by Gasteiger charge is 2.08. The normalized spacial score (nSPS) is 11.0. The number of carbonyl (C=O) groups excluding carboxylic acids is 2. The molecule has 0 aliphatic carbocycles. The second kappa shape index (κ2) is 13.2. The number of rotatable bonds is 12. The third-order valence-corrected chi connectivity index (χ3v) is 4.70. The summed E-state index contributed by atoms with van der Waals surface area (Å²) in [4.78, 5) is 26.5. The van der Waals surface area contributed by atoms with Crippen LogP contribution < -0.4 is 10.1 Å². The first-order valence-electron chi connectivity index (χ1n) is 10.8. The van der Waals surface area contributed by atoms with Gasteiger partial charge in [0.25, 0.3) is 0 Å². The highest BCUT2D eigenvalue weighted by molar-refractivity contribution is 6.02. The molecule has 2 rings (SSSR count). The lowest BCUT2D eigenvalue weighted by Crippen LogP contribution is -2.27. The molecule has 166 valence electrons. The first-order valence-corrected chi connectivity index (χ1v) is 10.8. The van der Waals surface area contributed by atoms with Gasteiger partial charge < -0.3 is 19.7 Å². The molecule has 0 unspecified atom stereocenters. The summed E-state index contributed by atoms with van der Waals surface area (Å²) in [5.74, 6) is 0.201. The van der Waals surface area contributed by atoms with Crippen LogP contribution in [-0.2, 0) is 9.53 Å². The molecule has 0 aliphatic rings. The van der Waals surface area contributed by atoms with Crippen LogP contribution in [0.1, 0.15) is 43.1 Å². The summed E-state index contributed by atoms with van der Waals surface area (Å²) in [6.45, 7) is 9.82. The lowest BCUT2D eigenvalue weighted by atomic mass is 10.2. The molecule has 1 amide bonds. The molecule has 2 aromatic carbocycles. The smallest absolute Gasteiger partial charge is 0.338 e. The number of hydrogen-bond donors (Lipinski definition) is 1. The maximum Gasteiger partial charge on any atom is 0.338 e. The van der Waals surface area contributed by atoms with Crippen LogP contribution in [0, 0.1) is 0 Å². The number of benzene rings is 2. The molecule has 2 aromatic rings. The van der Waals surface area contributed by atoms with E-state index in [1.54, 1.807) is 30.3 Å². The van der Waals surface area contributed by atoms with Crippen LogP contribution in [0.5, 0.6) is 5.75 Å². The van der Waals surface area contributed by atoms with Crippen molar-refractivity contribution in [1.82, 2.24) is 4.90 Å². The van der Waals surface area contributed by atoms with Crippen molar-refractivity contribution in [3.05, 3.63) is 65.7 Å². The van der Waals surface area contributed by atoms with Crippen LogP contribution in [0.25, 0.3) is 6.08 Å². The third-order valence-electron chi connectivity index (χ3n) is 4.70. The predicted octanol–water partition coefficient (Wildman–Crippen LogP) is 4.63. The van der Waals surface area contributed by atoms with Crippen LogP contribution >= 0.6 is 0 Å². The van der Waals surface area contributed by atoms with E-state index in [0.717, 1.165) is 30.8 Å². The van der Waals surface area contributed by atoms with E-state index in [9.17, 15) is 9.59 Å². The molecule has 6 nitrogen and oxygen atoms in total. The molecule has 0 fully saturated rings. The molecule has 31 heavy (non-hydrogen) atoms. The summed E-state index contributed by atoms with van der Waals surface area (Å²) in [7, 11) is 0. The Kier molecular flexibility index (Phi) is 10.3. The first-order chi connectivity index (χ1) is 15.0. The zero-order valence-electron chi connectivity index (χ0n) is 18.6. The van der Waals surface area contributed by atoms with Crippen molar-refractivity contribution in [3.63, 3.8) is 0 Å². The van der Waals surface area contributed by atoms with Crippen LogP contribution in [0.15, 0.2) is 54.6 Å². The van der Waals surface area contributed by atoms with Crippen LogP contribution in [0.2, 0.25) is 0 Å². The number of likely N-dealkylation sites (N-methyl/N-ethyl adjacent to an activating group) is 1. The van der Waals surface area contributed by atoms with Gasteiger partial charge in [0.15, 0.2) is 0 Å². The lowest BCUT2D eigenvalue weighted by Gasteiger charge is -2.17. The van der Waals surface area contributed by atoms with Gasteiger partial charge in [0, 0.05) is 18.3 Å². The van der Waals surface area contributed by atoms with E-state index in [0.29, 0.717) is 31.0 Å². The number of esters is 1. The number of amides is 1. The van der Waals surface area contributed by atoms with Crippen molar-refractivity contribution in [2.75, 3.05) is 38.2 Å². The van der Waals surface area contributed by atoms with E-state index in [-0.39, 0.29) is 11.9 Å². The number of carbonyl (C=O) groups is 2. The zero-order valence-corrected chi connectivity index (χ0v) is 18.6. The number of anilines is 1. The van der Waals surface area contributed by atoms with Gasteiger partial charge in [-0.15, -0.1) is 0 Å². The number of hydrogen-bond acceptors (Lipinski definition) is 5. The van der Waals surface area contributed by atoms with E-state index >= 15 is 0 Å². The molecule has 0 spiro atoms. The molecule has 0 aromatic heterocycles. The van der Waals surface area contributed by atoms with Crippen molar-refractivity contribution < 1.29 is 19.1 Å². The van der Waals surface area contributed by atoms with Gasteiger partial charge >= 0.3 is 5.97 Å². The van der Waals surface area contributed by atoms with Crippen LogP contribution in [-0.4, -0.2) is 49.6 Å². The van der Waals surface area contributed by atoms with Gasteiger partial charge in [-0.2, -0.15) is 0 Å². The van der Waals surface area contributed by atoms with Gasteiger partial charge in [-0.25, -0.2) is 4.79 Å². The van der Waals surface area contributed by atoms with Gasteiger partial charge in [0.05, 0.1) is 12.2 Å². The van der Waals surface area contributed by atoms with Gasteiger partial charge in [-0.1, -0.05) is 32.9 Å². The van der Waals surface area contributed by atoms with Crippen molar-refractivity contribution >= 4 is 23.6 Å². The van der Waals surface area contributed by atoms with Crippen LogP contribution in [0.3, 0.4) is 0 Å². The minimum Gasteiger partial charge on any atom is -0.494 e. The van der Waals surface area contributed by atoms with E-state index in [1.807, 2.05) is 24.3 Å². The third kappa shape index (κ3) is 8.64. The fraction of sp³-hybridized carbons (Fsp3) is 0.360. The molecule has 1 N–H and O–H groups in total. The molecular formula is C25H32N2O4. The fourth-order valence-electron chi connectivity index (χ4n) is 2.83. The minimum absolute atomic E-state index is 0.249. The van der Waals surface area contributed by atoms with E-state index < -0.39 is 0 Å². The Morgan fingerprint density at radius 2 is 1.61 bits per heavy atom. The average Bonchev–Trinajstić information content (AvgIpc) is 2.80. The molecular weight excluding hydrogens is 392 g/mol. The maximum atomic E-state index is 12.2. The molecule has 0 heterocycles. The molecule has 0 saturated carbocycles. The van der Waals surface area contributed by atoms with Crippen molar-refractivity contribution in [2.24, 2.45) is 0 Å². The van der Waals surface area contributed by atoms with Gasteiger partial charge in [0.1, 0.15) is 12.4 Å². The monoisotopic (exact) mass is 424 g/mol. The molecule has 0 atom stereocenters. The fourth-order valence-corrected chi connectivity index (χ4v) is 2.83. The summed E-state index contributed by atoms with van der Waals surface area (Å²) in [6.07, 6.45) is 4.17. The summed E-state index contributed by atoms with van der Waals surface area (Å²) in [5, 5.41) is 2.78. The average molecular weight is 425 g/mol. The second-order valence-corrected chi connectivity index (χ2v) is 6.98. The Labute approximate surface area is 184 Å². The lowest BCUT2D eigenvalue weighted by molar-refractivity contribution is -0.111. The van der Waals surface area contributed by atoms with Crippen molar-refractivity contribution in [3.8, 4) is 5.75 Å². The van der Waals surface area contributed by atoms with E-state index in [2.05, 4.69) is 31.0 Å². The summed E-state index contributed by atoms with van der Waals surface area (Å²) < 4.78 is 10.9. The maximum absolute atomic E-state index is 12.2. The molecule has 0 radical (unpaired) electrons. The van der Waals surface area contributed by atoms with E-state index in [4.69, 9.17) is 9.47 Å². The number of nitrogens with one attached hydrogen (secondary N) is 1. The highest BCUT2D eigenvalue weighted by Crippen LogP contribution is 2.14. The minimum atomic E-state index is -0.365. The van der Waals surface area contributed by atoms with Gasteiger partial charge in [0.2, 0.25) is 5.91 Å². The Morgan fingerprint density at radius 3 is 2.23 bits per heavy atom. The van der Waals surface area contributed by atoms with Crippen LogP contribution in [0.4, 0.5) is 5.69 Å². The number of nitrogens with zero attached hydrogens (tertiary/aromatic N) is 1. The van der Waals surface area contributed by atoms with Crippen molar-refractivity contribution in [2.45, 2.75) is 27.2 Å². The van der Waals surface area contributed by atoms with Gasteiger partial charge in [-0.3, -0.25) is 4.79 Å². The summed E-state index contributed by atoms with van der Waals surface area (Å²) in [6, 6.07) is 14.2. The van der Waals surface area contributed by atoms with Gasteiger partial charge in [-0.05, 0) is 67.5 Å². The quantitative estimate of drug-likeness (QED) is 0.398. The predicted molar refractivity (Wildman–Crippen MR) is 124 cm³/mol. The molecule has 0 bridgehead atoms.